The fourth-order valence-corrected chi connectivity index (χ4v) is 3.31. The van der Waals surface area contributed by atoms with E-state index in [4.69, 9.17) is 23.2 Å². The maximum atomic E-state index is 12.7. The molecule has 3 aromatic rings. The quantitative estimate of drug-likeness (QED) is 0.416. The second kappa shape index (κ2) is 9.66. The van der Waals surface area contributed by atoms with Crippen LogP contribution in [0.3, 0.4) is 0 Å². The predicted molar refractivity (Wildman–Crippen MR) is 112 cm³/mol. The molecule has 0 spiro atoms. The molecule has 4 N–H and O–H groups in total. The van der Waals surface area contributed by atoms with Gasteiger partial charge in [-0.3, -0.25) is 20.2 Å². The molecule has 0 saturated carbocycles. The number of H-pyrrole nitrogens is 1. The van der Waals surface area contributed by atoms with Gasteiger partial charge in [0, 0.05) is 15.6 Å². The Balaban J connectivity index is 1.83. The van der Waals surface area contributed by atoms with Gasteiger partial charge in [0.1, 0.15) is 6.04 Å². The minimum absolute atomic E-state index is 0.0186. The van der Waals surface area contributed by atoms with Gasteiger partial charge < -0.3 is 5.11 Å². The topological polar surface area (TPSA) is 133 Å². The van der Waals surface area contributed by atoms with Crippen LogP contribution in [0.1, 0.15) is 12.5 Å². The average molecular weight is 449 g/mol. The Morgan fingerprint density at radius 3 is 2.57 bits per heavy atom. The van der Waals surface area contributed by atoms with Crippen molar-refractivity contribution in [3.8, 4) is 11.1 Å². The van der Waals surface area contributed by atoms with Crippen molar-refractivity contribution in [2.45, 2.75) is 25.4 Å². The summed E-state index contributed by atoms with van der Waals surface area (Å²) in [7, 11) is 0. The number of hydrogen-bond acceptors (Lipinski definition) is 6. The van der Waals surface area contributed by atoms with Gasteiger partial charge in [-0.15, -0.1) is 5.10 Å². The monoisotopic (exact) mass is 448 g/mol. The number of rotatable bonds is 8. The Morgan fingerprint density at radius 2 is 1.93 bits per heavy atom. The molecule has 0 aliphatic heterocycles. The second-order valence-electron chi connectivity index (χ2n) is 6.49. The molecule has 3 rings (SSSR count). The van der Waals surface area contributed by atoms with Crippen molar-refractivity contribution in [1.29, 1.82) is 0 Å². The molecular formula is C19H18Cl2N6O3. The molecule has 156 valence electrons. The van der Waals surface area contributed by atoms with E-state index >= 15 is 0 Å². The Labute approximate surface area is 181 Å². The zero-order valence-electron chi connectivity index (χ0n) is 15.8. The first-order valence-corrected chi connectivity index (χ1v) is 9.67. The molecule has 9 nitrogen and oxygen atoms in total. The number of nitrogens with zero attached hydrogens (tertiary/aromatic N) is 3. The summed E-state index contributed by atoms with van der Waals surface area (Å²) in [5.41, 5.74) is 2.32. The third-order valence-corrected chi connectivity index (χ3v) is 5.06. The lowest BCUT2D eigenvalue weighted by atomic mass is 9.99. The number of carbonyl (C=O) groups excluding carboxylic acids is 1. The molecule has 0 aliphatic carbocycles. The van der Waals surface area contributed by atoms with Gasteiger partial charge in [0.15, 0.2) is 0 Å². The minimum atomic E-state index is -1.09. The highest BCUT2D eigenvalue weighted by molar-refractivity contribution is 6.34. The lowest BCUT2D eigenvalue weighted by molar-refractivity contribution is -0.139. The van der Waals surface area contributed by atoms with Crippen LogP contribution in [-0.4, -0.2) is 49.7 Å². The third kappa shape index (κ3) is 5.32. The summed E-state index contributed by atoms with van der Waals surface area (Å²) >= 11 is 12.7. The van der Waals surface area contributed by atoms with Crippen molar-refractivity contribution >= 4 is 41.0 Å². The number of aromatic nitrogens is 4. The number of halogens is 2. The zero-order chi connectivity index (χ0) is 21.7. The molecule has 11 heteroatoms. The number of aromatic amines is 1. The summed E-state index contributed by atoms with van der Waals surface area (Å²) in [5, 5.41) is 28.4. The van der Waals surface area contributed by atoms with E-state index < -0.39 is 24.0 Å². The van der Waals surface area contributed by atoms with Crippen molar-refractivity contribution in [3.63, 3.8) is 0 Å². The Hall–Kier alpha value is -3.01. The zero-order valence-corrected chi connectivity index (χ0v) is 17.3. The van der Waals surface area contributed by atoms with Crippen molar-refractivity contribution in [2.75, 3.05) is 5.32 Å². The SMILES string of the molecule is C[C@H](N[C@H](Cc1ccc(-c2ccccc2Cl)cc1Cl)C(=O)Nc1nn[nH]n1)C(=O)O. The van der Waals surface area contributed by atoms with Crippen LogP contribution < -0.4 is 10.6 Å². The van der Waals surface area contributed by atoms with Gasteiger partial charge in [0.2, 0.25) is 5.91 Å². The van der Waals surface area contributed by atoms with Gasteiger partial charge in [-0.1, -0.05) is 58.6 Å². The summed E-state index contributed by atoms with van der Waals surface area (Å²) in [6.45, 7) is 1.44. The van der Waals surface area contributed by atoms with Gasteiger partial charge in [0.25, 0.3) is 5.95 Å². The van der Waals surface area contributed by atoms with Crippen LogP contribution in [0.15, 0.2) is 42.5 Å². The van der Waals surface area contributed by atoms with Crippen LogP contribution >= 0.6 is 23.2 Å². The van der Waals surface area contributed by atoms with E-state index in [0.717, 1.165) is 11.1 Å². The normalized spacial score (nSPS) is 12.9. The largest absolute Gasteiger partial charge is 0.480 e. The van der Waals surface area contributed by atoms with Crippen LogP contribution in [0.2, 0.25) is 10.0 Å². The summed E-state index contributed by atoms with van der Waals surface area (Å²) in [6, 6.07) is 10.9. The van der Waals surface area contributed by atoms with Crippen LogP contribution in [0.5, 0.6) is 0 Å². The molecule has 0 bridgehead atoms. The van der Waals surface area contributed by atoms with E-state index in [1.165, 1.54) is 6.92 Å². The highest BCUT2D eigenvalue weighted by atomic mass is 35.5. The maximum absolute atomic E-state index is 12.7. The molecule has 0 radical (unpaired) electrons. The average Bonchev–Trinajstić information content (AvgIpc) is 3.22. The van der Waals surface area contributed by atoms with Crippen molar-refractivity contribution in [2.24, 2.45) is 0 Å². The molecule has 1 aromatic heterocycles. The molecular weight excluding hydrogens is 431 g/mol. The Morgan fingerprint density at radius 1 is 1.17 bits per heavy atom. The van der Waals surface area contributed by atoms with E-state index in [1.807, 2.05) is 24.3 Å². The number of tetrazole rings is 1. The molecule has 2 atom stereocenters. The highest BCUT2D eigenvalue weighted by Gasteiger charge is 2.25. The van der Waals surface area contributed by atoms with Gasteiger partial charge in [-0.05, 0) is 41.8 Å². The highest BCUT2D eigenvalue weighted by Crippen LogP contribution is 2.31. The number of aliphatic carboxylic acids is 1. The third-order valence-electron chi connectivity index (χ3n) is 4.38. The van der Waals surface area contributed by atoms with Crippen molar-refractivity contribution in [3.05, 3.63) is 58.1 Å². The number of nitrogens with one attached hydrogen (secondary N) is 3. The number of benzene rings is 2. The fraction of sp³-hybridized carbons (Fsp3) is 0.211. The van der Waals surface area contributed by atoms with Gasteiger partial charge >= 0.3 is 5.97 Å². The number of amides is 1. The Kier molecular flexibility index (Phi) is 6.99. The van der Waals surface area contributed by atoms with E-state index in [9.17, 15) is 14.7 Å². The van der Waals surface area contributed by atoms with Crippen LogP contribution in [0.25, 0.3) is 11.1 Å². The number of carboxylic acids is 1. The maximum Gasteiger partial charge on any atom is 0.320 e. The second-order valence-corrected chi connectivity index (χ2v) is 7.31. The number of carboxylic acid groups (broad SMARTS) is 1. The summed E-state index contributed by atoms with van der Waals surface area (Å²) in [6.07, 6.45) is 0.142. The number of hydrogen-bond donors (Lipinski definition) is 4. The number of carbonyl (C=O) groups is 2. The fourth-order valence-electron chi connectivity index (χ4n) is 2.81. The first-order valence-electron chi connectivity index (χ1n) is 8.91. The number of anilines is 1. The van der Waals surface area contributed by atoms with E-state index in [0.29, 0.717) is 15.6 Å². The predicted octanol–water partition coefficient (Wildman–Crippen LogP) is 2.79. The van der Waals surface area contributed by atoms with Gasteiger partial charge in [-0.2, -0.15) is 5.21 Å². The molecule has 2 aromatic carbocycles. The lowest BCUT2D eigenvalue weighted by Gasteiger charge is -2.21. The van der Waals surface area contributed by atoms with Crippen LogP contribution in [0, 0.1) is 0 Å². The minimum Gasteiger partial charge on any atom is -0.480 e. The standard InChI is InChI=1S/C19H18Cl2N6O3/c1-10(18(29)30)22-16(17(28)23-19-24-26-27-25-19)9-12-7-6-11(8-15(12)21)13-4-2-3-5-14(13)20/h2-8,10,16,22H,9H2,1H3,(H,29,30)(H2,23,24,25,26,27,28)/t10-,16+/m0/s1. The van der Waals surface area contributed by atoms with E-state index in [-0.39, 0.29) is 12.4 Å². The van der Waals surface area contributed by atoms with Crippen LogP contribution in [0.4, 0.5) is 5.95 Å². The lowest BCUT2D eigenvalue weighted by Crippen LogP contribution is -2.49. The molecule has 30 heavy (non-hydrogen) atoms. The summed E-state index contributed by atoms with van der Waals surface area (Å²) in [5.74, 6) is -1.63. The van der Waals surface area contributed by atoms with Crippen LogP contribution in [-0.2, 0) is 16.0 Å². The smallest absolute Gasteiger partial charge is 0.320 e. The molecule has 0 aliphatic rings. The van der Waals surface area contributed by atoms with Crippen molar-refractivity contribution < 1.29 is 14.7 Å². The molecule has 1 heterocycles. The molecule has 0 fully saturated rings. The molecule has 0 unspecified atom stereocenters. The van der Waals surface area contributed by atoms with Gasteiger partial charge in [0.05, 0.1) is 6.04 Å². The molecule has 1 amide bonds. The van der Waals surface area contributed by atoms with E-state index in [2.05, 4.69) is 31.3 Å². The Bertz CT molecular complexity index is 1040. The summed E-state index contributed by atoms with van der Waals surface area (Å²) in [4.78, 5) is 23.9. The molecule has 0 saturated heterocycles. The summed E-state index contributed by atoms with van der Waals surface area (Å²) < 4.78 is 0. The first kappa shape index (κ1) is 21.7. The van der Waals surface area contributed by atoms with Crippen molar-refractivity contribution in [1.82, 2.24) is 25.9 Å². The van der Waals surface area contributed by atoms with E-state index in [1.54, 1.807) is 18.2 Å². The van der Waals surface area contributed by atoms with Gasteiger partial charge in [-0.25, -0.2) is 0 Å². The first-order chi connectivity index (χ1) is 14.3.